The molecule has 0 N–H and O–H groups in total. The highest BCUT2D eigenvalue weighted by Crippen LogP contribution is 2.40. The van der Waals surface area contributed by atoms with Crippen molar-refractivity contribution in [3.63, 3.8) is 0 Å². The van der Waals surface area contributed by atoms with Gasteiger partial charge >= 0.3 is 0 Å². The Bertz CT molecular complexity index is 2550. The Hall–Kier alpha value is -5.65. The highest BCUT2D eigenvalue weighted by atomic mass is 32.1. The fourth-order valence-corrected chi connectivity index (χ4v) is 7.46. The van der Waals surface area contributed by atoms with Gasteiger partial charge in [0, 0.05) is 47.6 Å². The van der Waals surface area contributed by atoms with Gasteiger partial charge in [-0.1, -0.05) is 109 Å². The summed E-state index contributed by atoms with van der Waals surface area (Å²) in [4.78, 5) is 15.0. The molecule has 0 bridgehead atoms. The van der Waals surface area contributed by atoms with Gasteiger partial charge < -0.3 is 4.42 Å². The molecule has 0 spiro atoms. The second-order valence-corrected chi connectivity index (χ2v) is 12.3. The minimum atomic E-state index is 0.608. The lowest BCUT2D eigenvalue weighted by molar-refractivity contribution is 0.669. The summed E-state index contributed by atoms with van der Waals surface area (Å²) in [5.41, 5.74) is 8.05. The third-order valence-corrected chi connectivity index (χ3v) is 9.77. The Kier molecular flexibility index (Phi) is 5.86. The summed E-state index contributed by atoms with van der Waals surface area (Å²) in [6.07, 6.45) is 0. The molecule has 0 saturated heterocycles. The SMILES string of the molecule is Cc1cccc2c1sc1cc(-c3nc(-c4ccccc4)nc(-c4ccc5c(c4)oc4cccc(-c6ccccc6)c45)n3)ccc12. The van der Waals surface area contributed by atoms with Crippen molar-refractivity contribution in [2.45, 2.75) is 6.92 Å². The number of nitrogens with zero attached hydrogens (tertiary/aromatic N) is 3. The first-order valence-electron chi connectivity index (χ1n) is 14.9. The number of rotatable bonds is 4. The van der Waals surface area contributed by atoms with E-state index in [-0.39, 0.29) is 0 Å². The van der Waals surface area contributed by atoms with Crippen molar-refractivity contribution >= 4 is 53.4 Å². The Balaban J connectivity index is 1.22. The molecule has 0 saturated carbocycles. The molecule has 6 aromatic carbocycles. The van der Waals surface area contributed by atoms with Crippen molar-refractivity contribution in [2.24, 2.45) is 0 Å². The molecule has 0 radical (unpaired) electrons. The lowest BCUT2D eigenvalue weighted by atomic mass is 9.99. The molecule has 0 amide bonds. The zero-order valence-corrected chi connectivity index (χ0v) is 25.2. The Morgan fingerprint density at radius 2 is 1.13 bits per heavy atom. The van der Waals surface area contributed by atoms with E-state index in [0.29, 0.717) is 17.5 Å². The Labute approximate surface area is 263 Å². The quantitative estimate of drug-likeness (QED) is 0.203. The lowest BCUT2D eigenvalue weighted by Gasteiger charge is -2.09. The predicted octanol–water partition coefficient (Wildman–Crippen LogP) is 11.1. The van der Waals surface area contributed by atoms with E-state index in [1.54, 1.807) is 0 Å². The van der Waals surface area contributed by atoms with Crippen LogP contribution in [-0.2, 0) is 0 Å². The second kappa shape index (κ2) is 10.2. The first-order valence-corrected chi connectivity index (χ1v) is 15.8. The molecule has 3 heterocycles. The molecular formula is C40H25N3OS. The van der Waals surface area contributed by atoms with E-state index in [2.05, 4.69) is 91.9 Å². The Morgan fingerprint density at radius 1 is 0.489 bits per heavy atom. The summed E-state index contributed by atoms with van der Waals surface area (Å²) in [6, 6.07) is 46.1. The van der Waals surface area contributed by atoms with Gasteiger partial charge in [-0.25, -0.2) is 15.0 Å². The predicted molar refractivity (Wildman–Crippen MR) is 186 cm³/mol. The van der Waals surface area contributed by atoms with Gasteiger partial charge in [-0.15, -0.1) is 11.3 Å². The van der Waals surface area contributed by atoms with E-state index >= 15 is 0 Å². The van der Waals surface area contributed by atoms with Crippen LogP contribution in [0.1, 0.15) is 5.56 Å². The molecule has 0 fully saturated rings. The summed E-state index contributed by atoms with van der Waals surface area (Å²) in [6.45, 7) is 2.17. The van der Waals surface area contributed by atoms with Crippen LogP contribution in [-0.4, -0.2) is 15.0 Å². The monoisotopic (exact) mass is 595 g/mol. The lowest BCUT2D eigenvalue weighted by Crippen LogP contribution is -2.00. The second-order valence-electron chi connectivity index (χ2n) is 11.3. The number of aromatic nitrogens is 3. The minimum Gasteiger partial charge on any atom is -0.456 e. The average Bonchev–Trinajstić information content (AvgIpc) is 3.67. The molecule has 0 unspecified atom stereocenters. The van der Waals surface area contributed by atoms with E-state index in [1.165, 1.54) is 25.7 Å². The van der Waals surface area contributed by atoms with Crippen LogP contribution in [0.4, 0.5) is 0 Å². The molecule has 0 aliphatic heterocycles. The number of benzene rings is 6. The third kappa shape index (κ3) is 4.32. The van der Waals surface area contributed by atoms with Crippen molar-refractivity contribution in [3.05, 3.63) is 139 Å². The zero-order valence-electron chi connectivity index (χ0n) is 24.4. The highest BCUT2D eigenvalue weighted by Gasteiger charge is 2.17. The third-order valence-electron chi connectivity index (χ3n) is 8.46. The molecule has 3 aromatic heterocycles. The molecule has 212 valence electrons. The van der Waals surface area contributed by atoms with Gasteiger partial charge in [0.1, 0.15) is 11.2 Å². The molecule has 0 aliphatic rings. The van der Waals surface area contributed by atoms with E-state index in [4.69, 9.17) is 19.4 Å². The van der Waals surface area contributed by atoms with E-state index in [9.17, 15) is 0 Å². The largest absolute Gasteiger partial charge is 0.456 e. The van der Waals surface area contributed by atoms with Gasteiger partial charge in [0.05, 0.1) is 0 Å². The fourth-order valence-electron chi connectivity index (χ4n) is 6.25. The number of thiophene rings is 1. The van der Waals surface area contributed by atoms with E-state index in [1.807, 2.05) is 59.9 Å². The average molecular weight is 596 g/mol. The standard InChI is InChI=1S/C40H25N3OS/c1-24-10-8-16-31-30-20-18-28(23-35(30)45-37(24)31)40-42-38(26-13-6-3-7-14-26)41-39(43-40)27-19-21-32-34(22-27)44-33-17-9-15-29(36(32)33)25-11-4-2-5-12-25/h2-23H,1H3. The molecular weight excluding hydrogens is 571 g/mol. The van der Waals surface area contributed by atoms with Crippen molar-refractivity contribution in [2.75, 3.05) is 0 Å². The van der Waals surface area contributed by atoms with Gasteiger partial charge in [-0.2, -0.15) is 0 Å². The van der Waals surface area contributed by atoms with Crippen LogP contribution in [0.15, 0.2) is 138 Å². The van der Waals surface area contributed by atoms with E-state index in [0.717, 1.165) is 49.8 Å². The van der Waals surface area contributed by atoms with Crippen LogP contribution in [0.25, 0.3) is 87.4 Å². The molecule has 45 heavy (non-hydrogen) atoms. The summed E-state index contributed by atoms with van der Waals surface area (Å²) < 4.78 is 8.96. The fraction of sp³-hybridized carbons (Fsp3) is 0.0250. The van der Waals surface area contributed by atoms with Gasteiger partial charge in [-0.3, -0.25) is 0 Å². The maximum atomic E-state index is 6.42. The number of aryl methyl sites for hydroxylation is 1. The molecule has 9 rings (SSSR count). The van der Waals surface area contributed by atoms with Crippen LogP contribution in [0.3, 0.4) is 0 Å². The van der Waals surface area contributed by atoms with Gasteiger partial charge in [0.25, 0.3) is 0 Å². The number of furan rings is 1. The van der Waals surface area contributed by atoms with Crippen LogP contribution < -0.4 is 0 Å². The van der Waals surface area contributed by atoms with Crippen molar-refractivity contribution in [3.8, 4) is 45.3 Å². The highest BCUT2D eigenvalue weighted by molar-refractivity contribution is 7.26. The van der Waals surface area contributed by atoms with Crippen LogP contribution in [0.5, 0.6) is 0 Å². The molecule has 5 heteroatoms. The Morgan fingerprint density at radius 3 is 1.89 bits per heavy atom. The van der Waals surface area contributed by atoms with Gasteiger partial charge in [0.2, 0.25) is 0 Å². The molecule has 4 nitrogen and oxygen atoms in total. The smallest absolute Gasteiger partial charge is 0.164 e. The van der Waals surface area contributed by atoms with E-state index < -0.39 is 0 Å². The van der Waals surface area contributed by atoms with Crippen LogP contribution in [0.2, 0.25) is 0 Å². The number of hydrogen-bond acceptors (Lipinski definition) is 5. The first-order chi connectivity index (χ1) is 22.2. The first kappa shape index (κ1) is 25.8. The number of hydrogen-bond donors (Lipinski definition) is 0. The zero-order chi connectivity index (χ0) is 29.9. The normalized spacial score (nSPS) is 11.7. The van der Waals surface area contributed by atoms with Gasteiger partial charge in [-0.05, 0) is 47.9 Å². The van der Waals surface area contributed by atoms with Gasteiger partial charge in [0.15, 0.2) is 17.5 Å². The van der Waals surface area contributed by atoms with Crippen molar-refractivity contribution < 1.29 is 4.42 Å². The maximum absolute atomic E-state index is 6.42. The number of fused-ring (bicyclic) bond motifs is 6. The summed E-state index contributed by atoms with van der Waals surface area (Å²) in [5, 5.41) is 4.72. The topological polar surface area (TPSA) is 51.8 Å². The van der Waals surface area contributed by atoms with Crippen molar-refractivity contribution in [1.29, 1.82) is 0 Å². The minimum absolute atomic E-state index is 0.608. The van der Waals surface area contributed by atoms with Crippen LogP contribution in [0, 0.1) is 6.92 Å². The maximum Gasteiger partial charge on any atom is 0.164 e. The van der Waals surface area contributed by atoms with Crippen LogP contribution >= 0.6 is 11.3 Å². The summed E-state index contributed by atoms with van der Waals surface area (Å²) >= 11 is 1.82. The molecule has 0 atom stereocenters. The summed E-state index contributed by atoms with van der Waals surface area (Å²) in [7, 11) is 0. The summed E-state index contributed by atoms with van der Waals surface area (Å²) in [5.74, 6) is 1.89. The molecule has 0 aliphatic carbocycles. The van der Waals surface area contributed by atoms with Crippen molar-refractivity contribution in [1.82, 2.24) is 15.0 Å². The molecule has 9 aromatic rings.